The summed E-state index contributed by atoms with van der Waals surface area (Å²) in [6.07, 6.45) is -4.02. The smallest absolute Gasteiger partial charge is 0.356 e. The minimum absolute atomic E-state index is 0.188. The molecule has 4 N–H and O–H groups in total. The maximum Gasteiger partial charge on any atom is 0.356 e. The van der Waals surface area contributed by atoms with Gasteiger partial charge in [0.25, 0.3) is 5.56 Å². The molecule has 2 heterocycles. The van der Waals surface area contributed by atoms with E-state index in [-0.39, 0.29) is 12.0 Å². The average Bonchev–Trinajstić information content (AvgIpc) is 2.73. The molecule has 0 aromatic carbocycles. The average molecular weight is 324 g/mol. The maximum atomic E-state index is 13.8. The van der Waals surface area contributed by atoms with Crippen molar-refractivity contribution < 1.29 is 28.6 Å². The Hall–Kier alpha value is -1.32. The van der Waals surface area contributed by atoms with Crippen LogP contribution in [0.15, 0.2) is 15.8 Å². The first-order valence-electron chi connectivity index (χ1n) is 5.96. The number of hydrogen-bond acceptors (Lipinski definition) is 5. The fourth-order valence-corrected chi connectivity index (χ4v) is 2.72. The van der Waals surface area contributed by atoms with Crippen molar-refractivity contribution in [1.82, 2.24) is 9.55 Å². The van der Waals surface area contributed by atoms with Gasteiger partial charge < -0.3 is 19.6 Å². The Morgan fingerprint density at radius 3 is 2.71 bits per heavy atom. The summed E-state index contributed by atoms with van der Waals surface area (Å²) >= 11 is 0. The summed E-state index contributed by atoms with van der Waals surface area (Å²) in [5, 5.41) is 9.42. The molecule has 1 aromatic heterocycles. The summed E-state index contributed by atoms with van der Waals surface area (Å²) < 4.78 is 30.7. The third-order valence-corrected chi connectivity index (χ3v) is 4.18. The molecule has 1 aliphatic rings. The molecule has 0 aliphatic carbocycles. The number of rotatable bonds is 3. The quantitative estimate of drug-likeness (QED) is 0.521. The van der Waals surface area contributed by atoms with Crippen LogP contribution in [0.4, 0.5) is 4.39 Å². The highest BCUT2D eigenvalue weighted by Gasteiger charge is 2.47. The third kappa shape index (κ3) is 3.14. The number of alkyl halides is 1. The predicted molar refractivity (Wildman–Crippen MR) is 67.5 cm³/mol. The number of aryl methyl sites for hydroxylation is 1. The lowest BCUT2D eigenvalue weighted by atomic mass is 10.2. The van der Waals surface area contributed by atoms with Gasteiger partial charge in [-0.3, -0.25) is 18.9 Å². The van der Waals surface area contributed by atoms with Crippen LogP contribution in [0.3, 0.4) is 0 Å². The van der Waals surface area contributed by atoms with E-state index in [0.29, 0.717) is 0 Å². The lowest BCUT2D eigenvalue weighted by Gasteiger charge is -2.21. The maximum absolute atomic E-state index is 13.8. The zero-order valence-corrected chi connectivity index (χ0v) is 11.7. The molecular weight excluding hydrogens is 310 g/mol. The van der Waals surface area contributed by atoms with Crippen LogP contribution in [0.1, 0.15) is 18.2 Å². The van der Waals surface area contributed by atoms with E-state index in [4.69, 9.17) is 14.5 Å². The number of hydrogen-bond donors (Lipinski definition) is 4. The molecule has 2 rings (SSSR count). The van der Waals surface area contributed by atoms with Crippen LogP contribution < -0.4 is 11.2 Å². The molecular formula is C10H14FN2O7P. The van der Waals surface area contributed by atoms with Crippen LogP contribution in [-0.2, 0) is 9.30 Å². The molecule has 0 spiro atoms. The Labute approximate surface area is 117 Å². The fourth-order valence-electron chi connectivity index (χ4n) is 2.08. The van der Waals surface area contributed by atoms with Gasteiger partial charge in [-0.05, 0) is 6.92 Å². The number of aliphatic hydroxyl groups is 1. The SMILES string of the molecule is Cc1cn([C@H]2C[C@H](F)[C@@H](C(O)P(=O)(O)O)O2)c(=O)[nH]c1=O. The van der Waals surface area contributed by atoms with Crippen molar-refractivity contribution in [3.63, 3.8) is 0 Å². The first-order chi connectivity index (χ1) is 9.61. The van der Waals surface area contributed by atoms with Crippen molar-refractivity contribution in [3.05, 3.63) is 32.6 Å². The van der Waals surface area contributed by atoms with Crippen molar-refractivity contribution in [2.24, 2.45) is 0 Å². The summed E-state index contributed by atoms with van der Waals surface area (Å²) in [7, 11) is -4.95. The minimum Gasteiger partial charge on any atom is -0.378 e. The molecule has 4 atom stereocenters. The van der Waals surface area contributed by atoms with Crippen LogP contribution >= 0.6 is 7.60 Å². The molecule has 0 bridgehead atoms. The van der Waals surface area contributed by atoms with E-state index < -0.39 is 43.2 Å². The second kappa shape index (κ2) is 5.47. The first kappa shape index (κ1) is 16.1. The van der Waals surface area contributed by atoms with Crippen LogP contribution in [-0.4, -0.2) is 42.6 Å². The van der Waals surface area contributed by atoms with Crippen LogP contribution in [0, 0.1) is 6.92 Å². The predicted octanol–water partition coefficient (Wildman–Crippen LogP) is -1.03. The standard InChI is InChI=1S/C10H14FN2O7P/c1-4-3-13(10(16)12-8(4)14)6-2-5(11)7(20-6)9(15)21(17,18)19/h3,5-7,9,15H,2H2,1H3,(H,12,14,16)(H2,17,18,19)/t5-,6+,7-,9?/m0/s1. The van der Waals surface area contributed by atoms with E-state index in [1.807, 2.05) is 4.98 Å². The zero-order chi connectivity index (χ0) is 15.9. The number of H-pyrrole nitrogens is 1. The summed E-state index contributed by atoms with van der Waals surface area (Å²) in [5.41, 5.74) is -1.25. The molecule has 1 aliphatic heterocycles. The number of aromatic amines is 1. The van der Waals surface area contributed by atoms with Crippen LogP contribution in [0.2, 0.25) is 0 Å². The van der Waals surface area contributed by atoms with Gasteiger partial charge in [0, 0.05) is 18.2 Å². The van der Waals surface area contributed by atoms with Crippen LogP contribution in [0.5, 0.6) is 0 Å². The van der Waals surface area contributed by atoms with Crippen molar-refractivity contribution in [2.45, 2.75) is 37.7 Å². The fraction of sp³-hybridized carbons (Fsp3) is 0.600. The zero-order valence-electron chi connectivity index (χ0n) is 10.8. The van der Waals surface area contributed by atoms with Gasteiger partial charge in [-0.15, -0.1) is 0 Å². The first-order valence-corrected chi connectivity index (χ1v) is 7.64. The number of nitrogens with one attached hydrogen (secondary N) is 1. The molecule has 21 heavy (non-hydrogen) atoms. The Morgan fingerprint density at radius 2 is 2.14 bits per heavy atom. The topological polar surface area (TPSA) is 142 Å². The Balaban J connectivity index is 2.30. The van der Waals surface area contributed by atoms with E-state index in [2.05, 4.69) is 0 Å². The van der Waals surface area contributed by atoms with Gasteiger partial charge in [-0.25, -0.2) is 9.18 Å². The molecule has 1 unspecified atom stereocenters. The molecule has 1 aromatic rings. The number of nitrogens with zero attached hydrogens (tertiary/aromatic N) is 1. The summed E-state index contributed by atoms with van der Waals surface area (Å²) in [4.78, 5) is 42.6. The number of aliphatic hydroxyl groups excluding tert-OH is 1. The van der Waals surface area contributed by atoms with Gasteiger partial charge in [-0.2, -0.15) is 0 Å². The van der Waals surface area contributed by atoms with Gasteiger partial charge in [0.1, 0.15) is 18.5 Å². The number of ether oxygens (including phenoxy) is 1. The summed E-state index contributed by atoms with van der Waals surface area (Å²) in [6, 6.07) is 0. The lowest BCUT2D eigenvalue weighted by Crippen LogP contribution is -2.35. The number of halogens is 1. The second-order valence-electron chi connectivity index (χ2n) is 4.79. The van der Waals surface area contributed by atoms with E-state index in [9.17, 15) is 23.7 Å². The van der Waals surface area contributed by atoms with Gasteiger partial charge in [-0.1, -0.05) is 0 Å². The molecule has 0 radical (unpaired) electrons. The van der Waals surface area contributed by atoms with E-state index in [0.717, 1.165) is 10.8 Å². The second-order valence-corrected chi connectivity index (χ2v) is 6.50. The Kier molecular flexibility index (Phi) is 4.18. The third-order valence-electron chi connectivity index (χ3n) is 3.19. The highest BCUT2D eigenvalue weighted by Crippen LogP contribution is 2.46. The van der Waals surface area contributed by atoms with E-state index in [1.54, 1.807) is 0 Å². The molecule has 0 saturated carbocycles. The van der Waals surface area contributed by atoms with Crippen molar-refractivity contribution in [2.75, 3.05) is 0 Å². The Bertz CT molecular complexity index is 695. The van der Waals surface area contributed by atoms with Gasteiger partial charge in [0.05, 0.1) is 0 Å². The monoisotopic (exact) mass is 324 g/mol. The molecule has 1 saturated heterocycles. The van der Waals surface area contributed by atoms with Crippen molar-refractivity contribution >= 4 is 7.60 Å². The van der Waals surface area contributed by atoms with Gasteiger partial charge in [0.15, 0.2) is 5.85 Å². The van der Waals surface area contributed by atoms with Crippen molar-refractivity contribution in [1.29, 1.82) is 0 Å². The largest absolute Gasteiger partial charge is 0.378 e. The van der Waals surface area contributed by atoms with E-state index >= 15 is 0 Å². The summed E-state index contributed by atoms with van der Waals surface area (Å²) in [6.45, 7) is 1.43. The van der Waals surface area contributed by atoms with E-state index in [1.165, 1.54) is 6.92 Å². The highest BCUT2D eigenvalue weighted by atomic mass is 31.2. The van der Waals surface area contributed by atoms with Gasteiger partial charge in [0.2, 0.25) is 0 Å². The number of aromatic nitrogens is 2. The lowest BCUT2D eigenvalue weighted by molar-refractivity contribution is -0.0542. The normalized spacial score (nSPS) is 27.8. The summed E-state index contributed by atoms with van der Waals surface area (Å²) in [5.74, 6) is -2.32. The molecule has 1 fully saturated rings. The van der Waals surface area contributed by atoms with Crippen molar-refractivity contribution in [3.8, 4) is 0 Å². The molecule has 11 heteroatoms. The van der Waals surface area contributed by atoms with Gasteiger partial charge >= 0.3 is 13.3 Å². The highest BCUT2D eigenvalue weighted by molar-refractivity contribution is 7.52. The molecule has 0 amide bonds. The molecule has 9 nitrogen and oxygen atoms in total. The molecule has 118 valence electrons. The van der Waals surface area contributed by atoms with Crippen LogP contribution in [0.25, 0.3) is 0 Å². The minimum atomic E-state index is -4.95. The Morgan fingerprint density at radius 1 is 1.52 bits per heavy atom.